The lowest BCUT2D eigenvalue weighted by Gasteiger charge is -2.25. The number of guanidine groups is 1. The Bertz CT molecular complexity index is 627. The lowest BCUT2D eigenvalue weighted by atomic mass is 9.87. The Morgan fingerprint density at radius 3 is 2.57 bits per heavy atom. The molecule has 0 aliphatic carbocycles. The molecule has 2 heterocycles. The Labute approximate surface area is 187 Å². The van der Waals surface area contributed by atoms with Crippen LogP contribution in [0.1, 0.15) is 44.7 Å². The van der Waals surface area contributed by atoms with Crippen molar-refractivity contribution in [1.82, 2.24) is 15.1 Å². The second-order valence-corrected chi connectivity index (χ2v) is 7.87. The van der Waals surface area contributed by atoms with Crippen molar-refractivity contribution in [2.45, 2.75) is 46.7 Å². The average molecular weight is 500 g/mol. The Kier molecular flexibility index (Phi) is 9.50. The van der Waals surface area contributed by atoms with E-state index < -0.39 is 0 Å². The van der Waals surface area contributed by atoms with Crippen molar-refractivity contribution in [3.05, 3.63) is 35.4 Å². The van der Waals surface area contributed by atoms with E-state index in [0.717, 1.165) is 65.0 Å². The van der Waals surface area contributed by atoms with Crippen molar-refractivity contribution in [3.63, 3.8) is 0 Å². The van der Waals surface area contributed by atoms with Gasteiger partial charge in [-0.3, -0.25) is 4.90 Å². The molecule has 5 nitrogen and oxygen atoms in total. The summed E-state index contributed by atoms with van der Waals surface area (Å²) in [7, 11) is 0. The molecule has 1 aromatic carbocycles. The monoisotopic (exact) mass is 500 g/mol. The van der Waals surface area contributed by atoms with E-state index in [1.54, 1.807) is 0 Å². The summed E-state index contributed by atoms with van der Waals surface area (Å²) in [5, 5.41) is 3.51. The van der Waals surface area contributed by atoms with Crippen molar-refractivity contribution in [1.29, 1.82) is 0 Å². The Balaban J connectivity index is 0.00000280. The van der Waals surface area contributed by atoms with Crippen LogP contribution in [0.5, 0.6) is 0 Å². The summed E-state index contributed by atoms with van der Waals surface area (Å²) in [6.07, 6.45) is 2.41. The highest BCUT2D eigenvalue weighted by Crippen LogP contribution is 2.38. The first kappa shape index (κ1) is 23.4. The van der Waals surface area contributed by atoms with Gasteiger partial charge in [0.25, 0.3) is 0 Å². The fourth-order valence-corrected chi connectivity index (χ4v) is 4.23. The third kappa shape index (κ3) is 5.83. The van der Waals surface area contributed by atoms with Gasteiger partial charge in [-0.05, 0) is 44.0 Å². The minimum Gasteiger partial charge on any atom is -0.381 e. The van der Waals surface area contributed by atoms with E-state index in [1.165, 1.54) is 24.0 Å². The van der Waals surface area contributed by atoms with Crippen molar-refractivity contribution in [2.75, 3.05) is 45.9 Å². The van der Waals surface area contributed by atoms with Crippen molar-refractivity contribution < 1.29 is 4.74 Å². The molecule has 3 rings (SSSR count). The molecule has 28 heavy (non-hydrogen) atoms. The van der Waals surface area contributed by atoms with Crippen molar-refractivity contribution >= 4 is 29.9 Å². The second-order valence-electron chi connectivity index (χ2n) is 7.87. The van der Waals surface area contributed by atoms with Gasteiger partial charge in [-0.1, -0.05) is 38.1 Å². The predicted octanol–water partition coefficient (Wildman–Crippen LogP) is 3.72. The number of hydrogen-bond donors (Lipinski definition) is 1. The van der Waals surface area contributed by atoms with Crippen LogP contribution in [0.25, 0.3) is 0 Å². The number of nitrogens with one attached hydrogen (secondary N) is 1. The van der Waals surface area contributed by atoms with Gasteiger partial charge in [0.15, 0.2) is 5.96 Å². The lowest BCUT2D eigenvalue weighted by Crippen LogP contribution is -2.41. The van der Waals surface area contributed by atoms with Crippen LogP contribution in [0.2, 0.25) is 0 Å². The van der Waals surface area contributed by atoms with Gasteiger partial charge in [-0.15, -0.1) is 24.0 Å². The maximum Gasteiger partial charge on any atom is 0.194 e. The molecule has 2 saturated heterocycles. The molecule has 1 aromatic rings. The topological polar surface area (TPSA) is 40.1 Å². The summed E-state index contributed by atoms with van der Waals surface area (Å²) in [6, 6.07) is 8.74. The van der Waals surface area contributed by atoms with E-state index in [2.05, 4.69) is 60.2 Å². The molecule has 2 aliphatic rings. The standard InChI is InChI=1S/C22H36N4O.HI/c1-4-23-21(26-13-11-22(17-26)12-14-27-18-22)24-15-19-9-7-8-10-20(19)16-25(5-2)6-3;/h7-10H,4-6,11-18H2,1-3H3,(H,23,24);1H. The normalized spacial score (nSPS) is 22.1. The van der Waals surface area contributed by atoms with Gasteiger partial charge in [0, 0.05) is 38.2 Å². The van der Waals surface area contributed by atoms with Crippen LogP contribution in [0.15, 0.2) is 29.3 Å². The highest BCUT2D eigenvalue weighted by atomic mass is 127. The molecule has 1 spiro atoms. The molecular weight excluding hydrogens is 463 g/mol. The van der Waals surface area contributed by atoms with Crippen LogP contribution in [0.4, 0.5) is 0 Å². The zero-order valence-corrected chi connectivity index (χ0v) is 20.1. The largest absolute Gasteiger partial charge is 0.381 e. The fraction of sp³-hybridized carbons (Fsp3) is 0.682. The summed E-state index contributed by atoms with van der Waals surface area (Å²) in [5.74, 6) is 1.05. The Morgan fingerprint density at radius 1 is 1.18 bits per heavy atom. The summed E-state index contributed by atoms with van der Waals surface area (Å²) < 4.78 is 5.68. The van der Waals surface area contributed by atoms with Crippen LogP contribution in [0, 0.1) is 5.41 Å². The molecule has 1 atom stereocenters. The number of aliphatic imine (C=N–C) groups is 1. The van der Waals surface area contributed by atoms with Crippen molar-refractivity contribution in [3.8, 4) is 0 Å². The Hall–Kier alpha value is -0.860. The first-order valence-corrected chi connectivity index (χ1v) is 10.6. The number of nitrogens with zero attached hydrogens (tertiary/aromatic N) is 3. The van der Waals surface area contributed by atoms with Gasteiger partial charge in [0.1, 0.15) is 0 Å². The molecule has 2 fully saturated rings. The molecule has 0 bridgehead atoms. The lowest BCUT2D eigenvalue weighted by molar-refractivity contribution is 0.156. The van der Waals surface area contributed by atoms with Crippen LogP contribution >= 0.6 is 24.0 Å². The minimum absolute atomic E-state index is 0. The van der Waals surface area contributed by atoms with E-state index in [4.69, 9.17) is 9.73 Å². The molecule has 158 valence electrons. The van der Waals surface area contributed by atoms with Gasteiger partial charge >= 0.3 is 0 Å². The molecule has 1 unspecified atom stereocenters. The summed E-state index contributed by atoms with van der Waals surface area (Å²) >= 11 is 0. The Morgan fingerprint density at radius 2 is 1.93 bits per heavy atom. The molecular formula is C22H37IN4O. The van der Waals surface area contributed by atoms with Crippen molar-refractivity contribution in [2.24, 2.45) is 10.4 Å². The zero-order valence-electron chi connectivity index (χ0n) is 17.7. The van der Waals surface area contributed by atoms with Crippen LogP contribution < -0.4 is 5.32 Å². The molecule has 2 aliphatic heterocycles. The third-order valence-electron chi connectivity index (χ3n) is 6.06. The predicted molar refractivity (Wildman–Crippen MR) is 127 cm³/mol. The molecule has 0 amide bonds. The highest BCUT2D eigenvalue weighted by molar-refractivity contribution is 14.0. The number of rotatable bonds is 7. The van der Waals surface area contributed by atoms with E-state index in [9.17, 15) is 0 Å². The maximum absolute atomic E-state index is 5.68. The summed E-state index contributed by atoms with van der Waals surface area (Å²) in [6.45, 7) is 15.4. The molecule has 0 aromatic heterocycles. The minimum atomic E-state index is 0. The van der Waals surface area contributed by atoms with Crippen LogP contribution in [-0.2, 0) is 17.8 Å². The van der Waals surface area contributed by atoms with E-state index in [-0.39, 0.29) is 24.0 Å². The van der Waals surface area contributed by atoms with E-state index >= 15 is 0 Å². The molecule has 1 N–H and O–H groups in total. The van der Waals surface area contributed by atoms with Gasteiger partial charge in [0.2, 0.25) is 0 Å². The molecule has 0 saturated carbocycles. The second kappa shape index (κ2) is 11.4. The smallest absolute Gasteiger partial charge is 0.194 e. The first-order valence-electron chi connectivity index (χ1n) is 10.6. The number of halogens is 1. The van der Waals surface area contributed by atoms with Gasteiger partial charge in [0.05, 0.1) is 13.2 Å². The molecule has 0 radical (unpaired) electrons. The summed E-state index contributed by atoms with van der Waals surface area (Å²) in [5.41, 5.74) is 3.08. The van der Waals surface area contributed by atoms with Crippen LogP contribution in [0.3, 0.4) is 0 Å². The molecule has 6 heteroatoms. The number of ether oxygens (including phenoxy) is 1. The van der Waals surface area contributed by atoms with Gasteiger partial charge in [-0.2, -0.15) is 0 Å². The fourth-order valence-electron chi connectivity index (χ4n) is 4.23. The first-order chi connectivity index (χ1) is 13.2. The average Bonchev–Trinajstić information content (AvgIpc) is 3.34. The van der Waals surface area contributed by atoms with Crippen LogP contribution in [-0.4, -0.2) is 61.7 Å². The van der Waals surface area contributed by atoms with E-state index in [0.29, 0.717) is 5.41 Å². The zero-order chi connectivity index (χ0) is 19.1. The quantitative estimate of drug-likeness (QED) is 0.352. The summed E-state index contributed by atoms with van der Waals surface area (Å²) in [4.78, 5) is 9.90. The maximum atomic E-state index is 5.68. The van der Waals surface area contributed by atoms with Gasteiger partial charge in [-0.25, -0.2) is 4.99 Å². The highest BCUT2D eigenvalue weighted by Gasteiger charge is 2.42. The van der Waals surface area contributed by atoms with Gasteiger partial charge < -0.3 is 15.0 Å². The number of hydrogen-bond acceptors (Lipinski definition) is 3. The number of benzene rings is 1. The SMILES string of the molecule is CCNC(=NCc1ccccc1CN(CC)CC)N1CCC2(CCOC2)C1.I. The third-order valence-corrected chi connectivity index (χ3v) is 6.06. The van der Waals surface area contributed by atoms with E-state index in [1.807, 2.05) is 0 Å². The number of likely N-dealkylation sites (tertiary alicyclic amines) is 1.